The topological polar surface area (TPSA) is 49.3 Å². The number of carboxylic acid groups (broad SMARTS) is 1. The molecule has 0 aromatic heterocycles. The van der Waals surface area contributed by atoms with Gasteiger partial charge < -0.3 is 10.4 Å². The monoisotopic (exact) mass is 269 g/mol. The summed E-state index contributed by atoms with van der Waals surface area (Å²) in [5.41, 5.74) is 4.23. The van der Waals surface area contributed by atoms with Crippen LogP contribution in [0.1, 0.15) is 18.1 Å². The summed E-state index contributed by atoms with van der Waals surface area (Å²) in [6, 6.07) is 16.0. The number of nitrogens with one attached hydrogen (secondary N) is 1. The summed E-state index contributed by atoms with van der Waals surface area (Å²) < 4.78 is 0. The van der Waals surface area contributed by atoms with Crippen molar-refractivity contribution in [2.75, 3.05) is 6.54 Å². The summed E-state index contributed by atoms with van der Waals surface area (Å²) in [7, 11) is 0. The molecular formula is C17H19NO2. The second-order valence-corrected chi connectivity index (χ2v) is 4.75. The van der Waals surface area contributed by atoms with Crippen molar-refractivity contribution >= 4 is 5.97 Å². The molecule has 0 amide bonds. The first kappa shape index (κ1) is 14.3. The van der Waals surface area contributed by atoms with E-state index in [1.807, 2.05) is 30.3 Å². The lowest BCUT2D eigenvalue weighted by atomic mass is 10.00. The molecule has 104 valence electrons. The molecule has 0 fully saturated rings. The minimum Gasteiger partial charge on any atom is -0.481 e. The van der Waals surface area contributed by atoms with Crippen LogP contribution in [-0.2, 0) is 17.8 Å². The predicted octanol–water partition coefficient (Wildman–Crippen LogP) is 3.09. The summed E-state index contributed by atoms with van der Waals surface area (Å²) in [5, 5.41) is 12.2. The number of carboxylic acids is 1. The Balaban J connectivity index is 2.24. The van der Waals surface area contributed by atoms with Crippen LogP contribution in [-0.4, -0.2) is 17.6 Å². The van der Waals surface area contributed by atoms with Gasteiger partial charge in [-0.25, -0.2) is 0 Å². The molecule has 0 radical (unpaired) electrons. The fourth-order valence-electron chi connectivity index (χ4n) is 2.17. The number of benzene rings is 2. The van der Waals surface area contributed by atoms with E-state index in [1.54, 1.807) is 0 Å². The highest BCUT2D eigenvalue weighted by atomic mass is 16.4. The summed E-state index contributed by atoms with van der Waals surface area (Å²) >= 11 is 0. The van der Waals surface area contributed by atoms with Crippen molar-refractivity contribution < 1.29 is 9.90 Å². The zero-order valence-electron chi connectivity index (χ0n) is 11.6. The van der Waals surface area contributed by atoms with Crippen molar-refractivity contribution in [2.24, 2.45) is 0 Å². The molecule has 2 rings (SSSR count). The highest BCUT2D eigenvalue weighted by Crippen LogP contribution is 2.22. The maximum Gasteiger partial charge on any atom is 0.307 e. The van der Waals surface area contributed by atoms with E-state index in [4.69, 9.17) is 5.11 Å². The third-order valence-electron chi connectivity index (χ3n) is 3.12. The van der Waals surface area contributed by atoms with Crippen molar-refractivity contribution in [1.29, 1.82) is 0 Å². The number of hydrogen-bond donors (Lipinski definition) is 2. The van der Waals surface area contributed by atoms with Crippen LogP contribution < -0.4 is 5.32 Å². The Morgan fingerprint density at radius 1 is 1.05 bits per heavy atom. The number of rotatable bonds is 6. The van der Waals surface area contributed by atoms with Gasteiger partial charge in [-0.3, -0.25) is 4.79 Å². The van der Waals surface area contributed by atoms with E-state index in [-0.39, 0.29) is 6.42 Å². The SMILES string of the molecule is CCNCc1cccc(-c2cccc(CC(=O)O)c2)c1. The van der Waals surface area contributed by atoms with E-state index in [0.717, 1.165) is 29.8 Å². The molecule has 20 heavy (non-hydrogen) atoms. The van der Waals surface area contributed by atoms with Crippen LogP contribution >= 0.6 is 0 Å². The molecule has 0 spiro atoms. The average Bonchev–Trinajstić information content (AvgIpc) is 2.45. The minimum absolute atomic E-state index is 0.0604. The van der Waals surface area contributed by atoms with Crippen molar-refractivity contribution in [2.45, 2.75) is 19.9 Å². The summed E-state index contributed by atoms with van der Waals surface area (Å²) in [6.07, 6.45) is 0.0604. The highest BCUT2D eigenvalue weighted by Gasteiger charge is 2.04. The van der Waals surface area contributed by atoms with Gasteiger partial charge in [0, 0.05) is 6.54 Å². The summed E-state index contributed by atoms with van der Waals surface area (Å²) in [5.74, 6) is -0.803. The van der Waals surface area contributed by atoms with E-state index < -0.39 is 5.97 Å². The normalized spacial score (nSPS) is 10.4. The molecule has 0 saturated carbocycles. The van der Waals surface area contributed by atoms with Crippen LogP contribution in [0.2, 0.25) is 0 Å². The number of carbonyl (C=O) groups is 1. The standard InChI is InChI=1S/C17H19NO2/c1-2-18-12-14-6-4-8-16(10-14)15-7-3-5-13(9-15)11-17(19)20/h3-10,18H,2,11-12H2,1H3,(H,19,20). The van der Waals surface area contributed by atoms with E-state index in [1.165, 1.54) is 5.56 Å². The lowest BCUT2D eigenvalue weighted by Gasteiger charge is -2.07. The molecule has 0 unspecified atom stereocenters. The molecule has 0 aliphatic heterocycles. The molecule has 0 atom stereocenters. The Morgan fingerprint density at radius 2 is 1.65 bits per heavy atom. The zero-order valence-corrected chi connectivity index (χ0v) is 11.6. The Kier molecular flexibility index (Phi) is 4.91. The van der Waals surface area contributed by atoms with Gasteiger partial charge in [-0.05, 0) is 34.9 Å². The van der Waals surface area contributed by atoms with Crippen molar-refractivity contribution in [3.05, 3.63) is 59.7 Å². The van der Waals surface area contributed by atoms with Crippen LogP contribution in [0.4, 0.5) is 0 Å². The first-order valence-electron chi connectivity index (χ1n) is 6.80. The van der Waals surface area contributed by atoms with Gasteiger partial charge in [0.15, 0.2) is 0 Å². The molecule has 3 nitrogen and oxygen atoms in total. The largest absolute Gasteiger partial charge is 0.481 e. The molecule has 0 aliphatic rings. The van der Waals surface area contributed by atoms with E-state index in [9.17, 15) is 4.79 Å². The van der Waals surface area contributed by atoms with Crippen LogP contribution in [0.3, 0.4) is 0 Å². The van der Waals surface area contributed by atoms with Crippen LogP contribution in [0.5, 0.6) is 0 Å². The summed E-state index contributed by atoms with van der Waals surface area (Å²) in [4.78, 5) is 10.8. The molecule has 0 aliphatic carbocycles. The van der Waals surface area contributed by atoms with Crippen LogP contribution in [0.15, 0.2) is 48.5 Å². The molecular weight excluding hydrogens is 250 g/mol. The minimum atomic E-state index is -0.803. The fraction of sp³-hybridized carbons (Fsp3) is 0.235. The second-order valence-electron chi connectivity index (χ2n) is 4.75. The Labute approximate surface area is 119 Å². The van der Waals surface area contributed by atoms with E-state index in [2.05, 4.69) is 30.4 Å². The maximum absolute atomic E-state index is 10.8. The van der Waals surface area contributed by atoms with E-state index >= 15 is 0 Å². The predicted molar refractivity (Wildman–Crippen MR) is 80.6 cm³/mol. The molecule has 0 saturated heterocycles. The van der Waals surface area contributed by atoms with Gasteiger partial charge in [0.2, 0.25) is 0 Å². The first-order chi connectivity index (χ1) is 9.69. The van der Waals surface area contributed by atoms with Gasteiger partial charge in [-0.15, -0.1) is 0 Å². The molecule has 0 heterocycles. The molecule has 2 aromatic carbocycles. The van der Waals surface area contributed by atoms with Crippen molar-refractivity contribution in [3.8, 4) is 11.1 Å². The Hall–Kier alpha value is -2.13. The van der Waals surface area contributed by atoms with Crippen LogP contribution in [0, 0.1) is 0 Å². The maximum atomic E-state index is 10.8. The number of hydrogen-bond acceptors (Lipinski definition) is 2. The second kappa shape index (κ2) is 6.87. The third kappa shape index (κ3) is 3.93. The molecule has 3 heteroatoms. The highest BCUT2D eigenvalue weighted by molar-refractivity contribution is 5.72. The third-order valence-corrected chi connectivity index (χ3v) is 3.12. The molecule has 2 aromatic rings. The zero-order chi connectivity index (χ0) is 14.4. The smallest absolute Gasteiger partial charge is 0.307 e. The number of aliphatic carboxylic acids is 1. The van der Waals surface area contributed by atoms with Crippen molar-refractivity contribution in [1.82, 2.24) is 5.32 Å². The van der Waals surface area contributed by atoms with Gasteiger partial charge >= 0.3 is 5.97 Å². The molecule has 0 bridgehead atoms. The quantitative estimate of drug-likeness (QED) is 0.847. The van der Waals surface area contributed by atoms with Gasteiger partial charge in [0.25, 0.3) is 0 Å². The van der Waals surface area contributed by atoms with Crippen LogP contribution in [0.25, 0.3) is 11.1 Å². The lowest BCUT2D eigenvalue weighted by molar-refractivity contribution is -0.136. The van der Waals surface area contributed by atoms with Gasteiger partial charge in [-0.2, -0.15) is 0 Å². The first-order valence-corrected chi connectivity index (χ1v) is 6.80. The van der Waals surface area contributed by atoms with Gasteiger partial charge in [0.05, 0.1) is 6.42 Å². The lowest BCUT2D eigenvalue weighted by Crippen LogP contribution is -2.11. The molecule has 2 N–H and O–H groups in total. The van der Waals surface area contributed by atoms with E-state index in [0.29, 0.717) is 0 Å². The van der Waals surface area contributed by atoms with Crippen molar-refractivity contribution in [3.63, 3.8) is 0 Å². The average molecular weight is 269 g/mol. The summed E-state index contributed by atoms with van der Waals surface area (Å²) in [6.45, 7) is 3.87. The fourth-order valence-corrected chi connectivity index (χ4v) is 2.17. The van der Waals surface area contributed by atoms with Gasteiger partial charge in [-0.1, -0.05) is 49.4 Å². The Morgan fingerprint density at radius 3 is 2.25 bits per heavy atom. The Bertz CT molecular complexity index is 593. The van der Waals surface area contributed by atoms with Gasteiger partial charge in [0.1, 0.15) is 0 Å².